The van der Waals surface area contributed by atoms with Crippen molar-refractivity contribution in [3.8, 4) is 0 Å². The predicted octanol–water partition coefficient (Wildman–Crippen LogP) is 1.62. The van der Waals surface area contributed by atoms with Crippen molar-refractivity contribution < 1.29 is 13.2 Å². The van der Waals surface area contributed by atoms with Gasteiger partial charge in [0.1, 0.15) is 0 Å². The van der Waals surface area contributed by atoms with Crippen LogP contribution in [-0.4, -0.2) is 44.3 Å². The van der Waals surface area contributed by atoms with E-state index < -0.39 is 15.7 Å². The molecule has 0 unspecified atom stereocenters. The van der Waals surface area contributed by atoms with E-state index in [1.54, 1.807) is 6.07 Å². The predicted molar refractivity (Wildman–Crippen MR) is 85.0 cm³/mol. The molecule has 118 valence electrons. The Morgan fingerprint density at radius 2 is 2.05 bits per heavy atom. The minimum atomic E-state index is -3.26. The highest BCUT2D eigenvalue weighted by atomic mass is 35.5. The fraction of sp³-hybridized carbons (Fsp3) is 0.500. The summed E-state index contributed by atoms with van der Waals surface area (Å²) in [6, 6.07) is 7.53. The highest BCUT2D eigenvalue weighted by Crippen LogP contribution is 2.21. The average Bonchev–Trinajstić information content (AvgIpc) is 2.42. The standard InChI is InChI=1S/C14H21ClN2O3S/c1-11(12-4-3-5-13(15)10-12)17(2)7-9-21(19,20)8-6-14(16)18/h3-5,10-11H,6-9H2,1-2H3,(H2,16,18)/t11-/m0/s1. The van der Waals surface area contributed by atoms with Gasteiger partial charge in [-0.15, -0.1) is 0 Å². The van der Waals surface area contributed by atoms with Gasteiger partial charge in [0.05, 0.1) is 11.5 Å². The van der Waals surface area contributed by atoms with Crippen molar-refractivity contribution in [2.24, 2.45) is 5.73 Å². The van der Waals surface area contributed by atoms with Crippen LogP contribution in [0.5, 0.6) is 0 Å². The Hall–Kier alpha value is -1.11. The number of nitrogens with two attached hydrogens (primary N) is 1. The highest BCUT2D eigenvalue weighted by Gasteiger charge is 2.17. The molecular formula is C14H21ClN2O3S. The van der Waals surface area contributed by atoms with Gasteiger partial charge in [-0.25, -0.2) is 8.42 Å². The van der Waals surface area contributed by atoms with Crippen LogP contribution in [0.25, 0.3) is 0 Å². The Morgan fingerprint density at radius 1 is 1.38 bits per heavy atom. The molecule has 0 saturated heterocycles. The molecule has 0 bridgehead atoms. The fourth-order valence-corrected chi connectivity index (χ4v) is 3.34. The second kappa shape index (κ2) is 7.77. The summed E-state index contributed by atoms with van der Waals surface area (Å²) in [6.45, 7) is 2.37. The van der Waals surface area contributed by atoms with Crippen LogP contribution in [0.2, 0.25) is 5.02 Å². The van der Waals surface area contributed by atoms with Crippen LogP contribution >= 0.6 is 11.6 Å². The van der Waals surface area contributed by atoms with Crippen molar-refractivity contribution in [1.29, 1.82) is 0 Å². The summed E-state index contributed by atoms with van der Waals surface area (Å²) in [4.78, 5) is 12.6. The normalized spacial score (nSPS) is 13.3. The van der Waals surface area contributed by atoms with Crippen LogP contribution in [0, 0.1) is 0 Å². The molecule has 21 heavy (non-hydrogen) atoms. The number of primary amides is 1. The molecular weight excluding hydrogens is 312 g/mol. The zero-order chi connectivity index (χ0) is 16.0. The summed E-state index contributed by atoms with van der Waals surface area (Å²) < 4.78 is 23.6. The van der Waals surface area contributed by atoms with E-state index in [0.717, 1.165) is 5.56 Å². The summed E-state index contributed by atoms with van der Waals surface area (Å²) in [5.74, 6) is -0.789. The number of amides is 1. The lowest BCUT2D eigenvalue weighted by molar-refractivity contribution is -0.117. The molecule has 5 nitrogen and oxygen atoms in total. The van der Waals surface area contributed by atoms with Gasteiger partial charge in [0.15, 0.2) is 9.84 Å². The van der Waals surface area contributed by atoms with E-state index in [0.29, 0.717) is 11.6 Å². The number of benzene rings is 1. The van der Waals surface area contributed by atoms with Crippen LogP contribution in [0.3, 0.4) is 0 Å². The van der Waals surface area contributed by atoms with Gasteiger partial charge in [-0.05, 0) is 31.7 Å². The van der Waals surface area contributed by atoms with E-state index in [1.165, 1.54) is 0 Å². The van der Waals surface area contributed by atoms with Crippen LogP contribution in [0.1, 0.15) is 24.9 Å². The molecule has 0 aliphatic rings. The first-order valence-electron chi connectivity index (χ1n) is 6.66. The van der Waals surface area contributed by atoms with Gasteiger partial charge in [0, 0.05) is 24.0 Å². The Bertz CT molecular complexity index is 590. The first-order chi connectivity index (χ1) is 9.71. The molecule has 1 atom stereocenters. The Labute approximate surface area is 131 Å². The maximum atomic E-state index is 11.8. The van der Waals surface area contributed by atoms with Gasteiger partial charge in [0.2, 0.25) is 5.91 Å². The number of sulfone groups is 1. The summed E-state index contributed by atoms with van der Waals surface area (Å²) in [6.07, 6.45) is -0.129. The topological polar surface area (TPSA) is 80.5 Å². The Kier molecular flexibility index (Phi) is 6.64. The van der Waals surface area contributed by atoms with Gasteiger partial charge in [0.25, 0.3) is 0 Å². The molecule has 7 heteroatoms. The molecule has 1 aromatic carbocycles. The van der Waals surface area contributed by atoms with Gasteiger partial charge in [-0.2, -0.15) is 0 Å². The van der Waals surface area contributed by atoms with Crippen molar-refractivity contribution in [2.75, 3.05) is 25.1 Å². The molecule has 0 radical (unpaired) electrons. The fourth-order valence-electron chi connectivity index (χ4n) is 1.86. The number of carbonyl (C=O) groups is 1. The minimum Gasteiger partial charge on any atom is -0.370 e. The van der Waals surface area contributed by atoms with E-state index >= 15 is 0 Å². The third-order valence-corrected chi connectivity index (χ3v) is 5.27. The number of rotatable bonds is 8. The zero-order valence-electron chi connectivity index (χ0n) is 12.3. The number of hydrogen-bond acceptors (Lipinski definition) is 4. The number of carbonyl (C=O) groups excluding carboxylic acids is 1. The molecule has 2 N–H and O–H groups in total. The highest BCUT2D eigenvalue weighted by molar-refractivity contribution is 7.91. The van der Waals surface area contributed by atoms with Crippen LogP contribution < -0.4 is 5.73 Å². The first-order valence-corrected chi connectivity index (χ1v) is 8.85. The van der Waals surface area contributed by atoms with E-state index in [9.17, 15) is 13.2 Å². The van der Waals surface area contributed by atoms with Crippen LogP contribution in [0.4, 0.5) is 0 Å². The molecule has 0 aromatic heterocycles. The smallest absolute Gasteiger partial charge is 0.218 e. The number of nitrogens with zero attached hydrogens (tertiary/aromatic N) is 1. The molecule has 1 aromatic rings. The molecule has 0 saturated carbocycles. The van der Waals surface area contributed by atoms with Crippen molar-refractivity contribution in [1.82, 2.24) is 4.90 Å². The van der Waals surface area contributed by atoms with Gasteiger partial charge >= 0.3 is 0 Å². The molecule has 0 spiro atoms. The van der Waals surface area contributed by atoms with E-state index in [-0.39, 0.29) is 24.0 Å². The van der Waals surface area contributed by atoms with Gasteiger partial charge < -0.3 is 5.73 Å². The Balaban J connectivity index is 2.57. The molecule has 0 heterocycles. The molecule has 1 rings (SSSR count). The zero-order valence-corrected chi connectivity index (χ0v) is 13.8. The SMILES string of the molecule is C[C@@H](c1cccc(Cl)c1)N(C)CCS(=O)(=O)CCC(N)=O. The largest absolute Gasteiger partial charge is 0.370 e. The second-order valence-corrected chi connectivity index (χ2v) is 7.82. The maximum absolute atomic E-state index is 11.8. The van der Waals surface area contributed by atoms with E-state index in [1.807, 2.05) is 37.1 Å². The lowest BCUT2D eigenvalue weighted by atomic mass is 10.1. The Morgan fingerprint density at radius 3 is 2.62 bits per heavy atom. The molecule has 0 aliphatic heterocycles. The molecule has 1 amide bonds. The quantitative estimate of drug-likeness (QED) is 0.784. The van der Waals surface area contributed by atoms with E-state index in [2.05, 4.69) is 0 Å². The summed E-state index contributed by atoms with van der Waals surface area (Å²) in [5.41, 5.74) is 6.00. The molecule has 0 fully saturated rings. The first kappa shape index (κ1) is 17.9. The summed E-state index contributed by atoms with van der Waals surface area (Å²) in [5, 5.41) is 0.654. The van der Waals surface area contributed by atoms with Crippen LogP contribution in [0.15, 0.2) is 24.3 Å². The van der Waals surface area contributed by atoms with Gasteiger partial charge in [-0.3, -0.25) is 9.69 Å². The summed E-state index contributed by atoms with van der Waals surface area (Å²) >= 11 is 5.96. The van der Waals surface area contributed by atoms with E-state index in [4.69, 9.17) is 17.3 Å². The third-order valence-electron chi connectivity index (χ3n) is 3.41. The lowest BCUT2D eigenvalue weighted by Gasteiger charge is -2.25. The molecule has 0 aliphatic carbocycles. The monoisotopic (exact) mass is 332 g/mol. The van der Waals surface area contributed by atoms with Crippen molar-refractivity contribution in [3.63, 3.8) is 0 Å². The van der Waals surface area contributed by atoms with Crippen molar-refractivity contribution >= 4 is 27.3 Å². The number of hydrogen-bond donors (Lipinski definition) is 1. The number of halogens is 1. The van der Waals surface area contributed by atoms with Crippen molar-refractivity contribution in [3.05, 3.63) is 34.9 Å². The lowest BCUT2D eigenvalue weighted by Crippen LogP contribution is -2.30. The second-order valence-electron chi connectivity index (χ2n) is 5.08. The minimum absolute atomic E-state index is 0.00167. The third kappa shape index (κ3) is 6.46. The van der Waals surface area contributed by atoms with Gasteiger partial charge in [-0.1, -0.05) is 23.7 Å². The van der Waals surface area contributed by atoms with Crippen LogP contribution in [-0.2, 0) is 14.6 Å². The average molecular weight is 333 g/mol. The maximum Gasteiger partial charge on any atom is 0.218 e. The van der Waals surface area contributed by atoms with Crippen molar-refractivity contribution in [2.45, 2.75) is 19.4 Å². The summed E-state index contributed by atoms with van der Waals surface area (Å²) in [7, 11) is -1.41.